The van der Waals surface area contributed by atoms with Crippen molar-refractivity contribution in [2.24, 2.45) is 0 Å². The largest absolute Gasteiger partial charge is 0.349 e. The van der Waals surface area contributed by atoms with Gasteiger partial charge in [0.15, 0.2) is 0 Å². The van der Waals surface area contributed by atoms with Crippen LogP contribution in [-0.4, -0.2) is 28.4 Å². The monoisotopic (exact) mass is 298 g/mol. The molecular formula is C14H19ClN2OS. The number of thioether (sulfide) groups is 1. The van der Waals surface area contributed by atoms with E-state index in [4.69, 9.17) is 11.6 Å². The van der Waals surface area contributed by atoms with Crippen LogP contribution in [0.1, 0.15) is 41.7 Å². The number of aryl methyl sites for hydroxylation is 1. The van der Waals surface area contributed by atoms with Crippen molar-refractivity contribution in [1.29, 1.82) is 0 Å². The van der Waals surface area contributed by atoms with Crippen LogP contribution in [0.15, 0.2) is 12.1 Å². The standard InChI is InChI=1S/C14H19ClN2OS/c1-9-6-10(7-13(15)16-9)14(18)17-11-4-3-5-12(8-11)19-2/h6-7,11-12H,3-5,8H2,1-2H3,(H,17,18). The van der Waals surface area contributed by atoms with Crippen LogP contribution < -0.4 is 5.32 Å². The number of carbonyl (C=O) groups is 1. The molecule has 1 saturated carbocycles. The van der Waals surface area contributed by atoms with Crippen LogP contribution in [-0.2, 0) is 0 Å². The summed E-state index contributed by atoms with van der Waals surface area (Å²) in [5.74, 6) is -0.0425. The Labute approximate surface area is 123 Å². The number of halogens is 1. The lowest BCUT2D eigenvalue weighted by molar-refractivity contribution is 0.0928. The van der Waals surface area contributed by atoms with Crippen molar-refractivity contribution >= 4 is 29.3 Å². The Kier molecular flexibility index (Phi) is 5.11. The topological polar surface area (TPSA) is 42.0 Å². The highest BCUT2D eigenvalue weighted by molar-refractivity contribution is 7.99. The highest BCUT2D eigenvalue weighted by Crippen LogP contribution is 2.27. The Hall–Kier alpha value is -0.740. The van der Waals surface area contributed by atoms with Crippen molar-refractivity contribution in [3.05, 3.63) is 28.5 Å². The van der Waals surface area contributed by atoms with E-state index >= 15 is 0 Å². The maximum absolute atomic E-state index is 12.2. The average Bonchev–Trinajstić information content (AvgIpc) is 2.37. The minimum atomic E-state index is -0.0425. The third-order valence-corrected chi connectivity index (χ3v) is 4.77. The number of carbonyl (C=O) groups excluding carboxylic acids is 1. The van der Waals surface area contributed by atoms with E-state index in [1.807, 2.05) is 18.7 Å². The van der Waals surface area contributed by atoms with Crippen LogP contribution in [0.25, 0.3) is 0 Å². The Morgan fingerprint density at radius 3 is 2.95 bits per heavy atom. The Balaban J connectivity index is 2.00. The lowest BCUT2D eigenvalue weighted by atomic mass is 9.94. The van der Waals surface area contributed by atoms with E-state index in [1.54, 1.807) is 12.1 Å². The fraction of sp³-hybridized carbons (Fsp3) is 0.571. The molecule has 104 valence electrons. The number of hydrogen-bond donors (Lipinski definition) is 1. The lowest BCUT2D eigenvalue weighted by Crippen LogP contribution is -2.39. The van der Waals surface area contributed by atoms with Crippen LogP contribution in [0, 0.1) is 6.92 Å². The summed E-state index contributed by atoms with van der Waals surface area (Å²) >= 11 is 7.78. The molecule has 0 aromatic carbocycles. The van der Waals surface area contributed by atoms with E-state index in [9.17, 15) is 4.79 Å². The first kappa shape index (κ1) is 14.7. The summed E-state index contributed by atoms with van der Waals surface area (Å²) in [7, 11) is 0. The van der Waals surface area contributed by atoms with Gasteiger partial charge in [0.25, 0.3) is 5.91 Å². The molecule has 1 aromatic heterocycles. The van der Waals surface area contributed by atoms with Crippen LogP contribution in [0.5, 0.6) is 0 Å². The predicted molar refractivity (Wildman–Crippen MR) is 81.0 cm³/mol. The molecule has 5 heteroatoms. The molecule has 0 radical (unpaired) electrons. The molecule has 19 heavy (non-hydrogen) atoms. The Bertz CT molecular complexity index is 447. The molecule has 1 aromatic rings. The second kappa shape index (κ2) is 6.62. The summed E-state index contributed by atoms with van der Waals surface area (Å²) in [5, 5.41) is 4.15. The molecule has 0 aliphatic heterocycles. The summed E-state index contributed by atoms with van der Waals surface area (Å²) in [6, 6.07) is 3.68. The third-order valence-electron chi connectivity index (χ3n) is 3.48. The first-order valence-corrected chi connectivity index (χ1v) is 8.23. The van der Waals surface area contributed by atoms with E-state index in [0.29, 0.717) is 16.0 Å². The number of amides is 1. The smallest absolute Gasteiger partial charge is 0.251 e. The second-order valence-corrected chi connectivity index (χ2v) is 6.54. The van der Waals surface area contributed by atoms with Gasteiger partial charge in [-0.2, -0.15) is 11.8 Å². The molecule has 2 unspecified atom stereocenters. The van der Waals surface area contributed by atoms with Crippen molar-refractivity contribution in [2.75, 3.05) is 6.26 Å². The van der Waals surface area contributed by atoms with Crippen molar-refractivity contribution in [2.45, 2.75) is 43.9 Å². The molecule has 1 N–H and O–H groups in total. The van der Waals surface area contributed by atoms with Gasteiger partial charge in [0.05, 0.1) is 0 Å². The molecule has 1 fully saturated rings. The quantitative estimate of drug-likeness (QED) is 0.869. The zero-order valence-corrected chi connectivity index (χ0v) is 12.9. The lowest BCUT2D eigenvalue weighted by Gasteiger charge is -2.28. The molecule has 0 saturated heterocycles. The molecule has 1 aliphatic rings. The van der Waals surface area contributed by atoms with E-state index in [-0.39, 0.29) is 11.9 Å². The number of rotatable bonds is 3. The highest BCUT2D eigenvalue weighted by atomic mass is 35.5. The number of nitrogens with one attached hydrogen (secondary N) is 1. The maximum atomic E-state index is 12.2. The molecule has 0 bridgehead atoms. The molecule has 1 aliphatic carbocycles. The van der Waals surface area contributed by atoms with Gasteiger partial charge in [-0.1, -0.05) is 18.0 Å². The van der Waals surface area contributed by atoms with E-state index < -0.39 is 0 Å². The highest BCUT2D eigenvalue weighted by Gasteiger charge is 2.23. The van der Waals surface area contributed by atoms with Gasteiger partial charge in [-0.15, -0.1) is 0 Å². The van der Waals surface area contributed by atoms with E-state index in [2.05, 4.69) is 16.6 Å². The Morgan fingerprint density at radius 1 is 1.47 bits per heavy atom. The fourth-order valence-electron chi connectivity index (χ4n) is 2.52. The molecule has 2 atom stereocenters. The first-order valence-electron chi connectivity index (χ1n) is 6.56. The van der Waals surface area contributed by atoms with Gasteiger partial charge in [-0.05, 0) is 44.6 Å². The van der Waals surface area contributed by atoms with Crippen molar-refractivity contribution in [1.82, 2.24) is 10.3 Å². The van der Waals surface area contributed by atoms with E-state index in [0.717, 1.165) is 18.5 Å². The summed E-state index contributed by atoms with van der Waals surface area (Å²) < 4.78 is 0. The number of pyridine rings is 1. The maximum Gasteiger partial charge on any atom is 0.251 e. The van der Waals surface area contributed by atoms with Gasteiger partial charge >= 0.3 is 0 Å². The van der Waals surface area contributed by atoms with Crippen molar-refractivity contribution < 1.29 is 4.79 Å². The predicted octanol–water partition coefficient (Wildman–Crippen LogP) is 3.45. The molecule has 1 amide bonds. The van der Waals surface area contributed by atoms with Gasteiger partial charge in [0.1, 0.15) is 5.15 Å². The van der Waals surface area contributed by atoms with Gasteiger partial charge in [-0.25, -0.2) is 4.98 Å². The summed E-state index contributed by atoms with van der Waals surface area (Å²) in [4.78, 5) is 16.3. The number of aromatic nitrogens is 1. The van der Waals surface area contributed by atoms with Gasteiger partial charge in [0.2, 0.25) is 0 Å². The van der Waals surface area contributed by atoms with Crippen LogP contribution in [0.4, 0.5) is 0 Å². The normalized spacial score (nSPS) is 23.1. The van der Waals surface area contributed by atoms with Crippen molar-refractivity contribution in [3.63, 3.8) is 0 Å². The van der Waals surface area contributed by atoms with Crippen LogP contribution in [0.3, 0.4) is 0 Å². The summed E-state index contributed by atoms with van der Waals surface area (Å²) in [6.45, 7) is 1.84. The summed E-state index contributed by atoms with van der Waals surface area (Å²) in [6.07, 6.45) is 6.71. The van der Waals surface area contributed by atoms with Gasteiger partial charge < -0.3 is 5.32 Å². The molecular weight excluding hydrogens is 280 g/mol. The zero-order valence-electron chi connectivity index (χ0n) is 11.3. The molecule has 3 nitrogen and oxygen atoms in total. The molecule has 2 rings (SSSR count). The van der Waals surface area contributed by atoms with Gasteiger partial charge in [0, 0.05) is 22.5 Å². The van der Waals surface area contributed by atoms with Crippen LogP contribution in [0.2, 0.25) is 5.15 Å². The minimum Gasteiger partial charge on any atom is -0.349 e. The minimum absolute atomic E-state index is 0.0425. The van der Waals surface area contributed by atoms with Crippen molar-refractivity contribution in [3.8, 4) is 0 Å². The molecule has 1 heterocycles. The number of hydrogen-bond acceptors (Lipinski definition) is 3. The number of nitrogens with zero attached hydrogens (tertiary/aromatic N) is 1. The fourth-order valence-corrected chi connectivity index (χ4v) is 3.60. The van der Waals surface area contributed by atoms with E-state index in [1.165, 1.54) is 12.8 Å². The van der Waals surface area contributed by atoms with Crippen LogP contribution >= 0.6 is 23.4 Å². The van der Waals surface area contributed by atoms with Gasteiger partial charge in [-0.3, -0.25) is 4.79 Å². The molecule has 0 spiro atoms. The Morgan fingerprint density at radius 2 is 2.26 bits per heavy atom. The average molecular weight is 299 g/mol. The second-order valence-electron chi connectivity index (χ2n) is 5.01. The zero-order chi connectivity index (χ0) is 13.8. The SMILES string of the molecule is CSC1CCCC(NC(=O)c2cc(C)nc(Cl)c2)C1. The first-order chi connectivity index (χ1) is 9.08. The third kappa shape index (κ3) is 4.11. The summed E-state index contributed by atoms with van der Waals surface area (Å²) in [5.41, 5.74) is 1.37.